The van der Waals surface area contributed by atoms with Gasteiger partial charge in [0.1, 0.15) is 0 Å². The van der Waals surface area contributed by atoms with Crippen LogP contribution < -0.4 is 5.73 Å². The van der Waals surface area contributed by atoms with Crippen molar-refractivity contribution in [2.75, 3.05) is 12.3 Å². The van der Waals surface area contributed by atoms with Gasteiger partial charge < -0.3 is 10.5 Å². The van der Waals surface area contributed by atoms with Gasteiger partial charge in [0.15, 0.2) is 5.60 Å². The number of halogens is 3. The van der Waals surface area contributed by atoms with Gasteiger partial charge in [0.25, 0.3) is 0 Å². The van der Waals surface area contributed by atoms with Crippen molar-refractivity contribution in [3.8, 4) is 0 Å². The normalized spacial score (nSPS) is 14.0. The molecule has 128 valence electrons. The number of carbonyl (C=O) groups excluding carboxylic acids is 1. The highest BCUT2D eigenvalue weighted by molar-refractivity contribution is 8.00. The molecule has 0 aliphatic rings. The van der Waals surface area contributed by atoms with Gasteiger partial charge in [-0.15, -0.1) is 0 Å². The largest absolute Gasteiger partial charge is 0.448 e. The number of nitrogens with two attached hydrogens (primary N) is 1. The molecule has 1 atom stereocenters. The maximum atomic E-state index is 12.7. The first-order valence-corrected chi connectivity index (χ1v) is 8.09. The van der Waals surface area contributed by atoms with Crippen LogP contribution in [0.2, 0.25) is 0 Å². The number of esters is 1. The van der Waals surface area contributed by atoms with Gasteiger partial charge in [-0.1, -0.05) is 48.5 Å². The van der Waals surface area contributed by atoms with E-state index in [1.54, 1.807) is 48.5 Å². The van der Waals surface area contributed by atoms with Crippen molar-refractivity contribution >= 4 is 17.7 Å². The molecule has 3 nitrogen and oxygen atoms in total. The van der Waals surface area contributed by atoms with E-state index in [9.17, 15) is 18.0 Å². The monoisotopic (exact) mass is 355 g/mol. The molecule has 0 aliphatic heterocycles. The summed E-state index contributed by atoms with van der Waals surface area (Å²) in [7, 11) is 0. The summed E-state index contributed by atoms with van der Waals surface area (Å²) < 4.78 is 43.5. The summed E-state index contributed by atoms with van der Waals surface area (Å²) in [6, 6.07) is 16.3. The van der Waals surface area contributed by atoms with E-state index in [0.717, 1.165) is 0 Å². The number of carbonyl (C=O) groups is 1. The lowest BCUT2D eigenvalue weighted by molar-refractivity contribution is -0.0368. The average molecular weight is 355 g/mol. The molecule has 0 heterocycles. The minimum atomic E-state index is -4.45. The van der Waals surface area contributed by atoms with Gasteiger partial charge in [-0.3, -0.25) is 0 Å². The molecule has 0 unspecified atom stereocenters. The number of rotatable bonds is 6. The van der Waals surface area contributed by atoms with E-state index in [0.29, 0.717) is 5.56 Å². The van der Waals surface area contributed by atoms with Crippen molar-refractivity contribution in [2.45, 2.75) is 11.1 Å². The third-order valence-electron chi connectivity index (χ3n) is 3.40. The minimum absolute atomic E-state index is 0.253. The van der Waals surface area contributed by atoms with E-state index in [1.807, 2.05) is 0 Å². The number of ether oxygens (including phenoxy) is 1. The molecule has 2 rings (SSSR count). The molecular weight excluding hydrogens is 339 g/mol. The lowest BCUT2D eigenvalue weighted by Crippen LogP contribution is -2.43. The Balaban J connectivity index is 2.32. The van der Waals surface area contributed by atoms with Crippen molar-refractivity contribution in [3.05, 3.63) is 71.8 Å². The van der Waals surface area contributed by atoms with Gasteiger partial charge in [-0.05, 0) is 29.5 Å². The number of thioether (sulfide) groups is 1. The van der Waals surface area contributed by atoms with Crippen LogP contribution in [0.5, 0.6) is 0 Å². The van der Waals surface area contributed by atoms with Gasteiger partial charge in [0, 0.05) is 12.3 Å². The van der Waals surface area contributed by atoms with Crippen LogP contribution in [0, 0.1) is 0 Å². The maximum absolute atomic E-state index is 12.7. The molecule has 2 aromatic rings. The second-order valence-corrected chi connectivity index (χ2v) is 6.09. The van der Waals surface area contributed by atoms with Crippen LogP contribution in [0.3, 0.4) is 0 Å². The summed E-state index contributed by atoms with van der Waals surface area (Å²) in [6.07, 6.45) is 0. The summed E-state index contributed by atoms with van der Waals surface area (Å²) in [4.78, 5) is 12.3. The van der Waals surface area contributed by atoms with Crippen LogP contribution in [0.1, 0.15) is 15.9 Å². The summed E-state index contributed by atoms with van der Waals surface area (Å²) in [6.45, 7) is -0.265. The summed E-state index contributed by atoms with van der Waals surface area (Å²) in [5.41, 5.74) is 0.404. The van der Waals surface area contributed by atoms with E-state index in [2.05, 4.69) is 0 Å². The second-order valence-electron chi connectivity index (χ2n) is 5.05. The topological polar surface area (TPSA) is 52.3 Å². The van der Waals surface area contributed by atoms with E-state index in [1.165, 1.54) is 12.1 Å². The van der Waals surface area contributed by atoms with Crippen LogP contribution in [-0.4, -0.2) is 23.8 Å². The maximum Gasteiger partial charge on any atom is 0.441 e. The second kappa shape index (κ2) is 7.72. The zero-order valence-electron chi connectivity index (χ0n) is 12.6. The molecule has 0 aliphatic carbocycles. The molecule has 0 saturated carbocycles. The fourth-order valence-corrected chi connectivity index (χ4v) is 2.88. The van der Waals surface area contributed by atoms with Crippen LogP contribution in [0.25, 0.3) is 0 Å². The molecule has 0 bridgehead atoms. The van der Waals surface area contributed by atoms with Crippen molar-refractivity contribution in [2.24, 2.45) is 5.73 Å². The molecule has 0 spiro atoms. The first kappa shape index (κ1) is 18.4. The number of hydrogen-bond acceptors (Lipinski definition) is 4. The Morgan fingerprint density at radius 2 is 1.54 bits per heavy atom. The zero-order chi connectivity index (χ0) is 17.6. The van der Waals surface area contributed by atoms with Crippen molar-refractivity contribution < 1.29 is 22.7 Å². The molecule has 7 heteroatoms. The standard InChI is InChI=1S/C17H16F3NO2S/c18-17(19,20)24-12-16(11-21,14-9-5-2-6-10-14)23-15(22)13-7-3-1-4-8-13/h1-10H,11-12,21H2/t16-/m1/s1. The van der Waals surface area contributed by atoms with Crippen LogP contribution in [-0.2, 0) is 10.3 Å². The fourth-order valence-electron chi connectivity index (χ4n) is 2.14. The van der Waals surface area contributed by atoms with E-state index in [4.69, 9.17) is 10.5 Å². The first-order valence-electron chi connectivity index (χ1n) is 7.11. The van der Waals surface area contributed by atoms with Gasteiger partial charge >= 0.3 is 11.5 Å². The minimum Gasteiger partial charge on any atom is -0.448 e. The molecule has 2 N–H and O–H groups in total. The third-order valence-corrected chi connectivity index (χ3v) is 4.33. The molecule has 0 radical (unpaired) electrons. The van der Waals surface area contributed by atoms with Crippen molar-refractivity contribution in [3.63, 3.8) is 0 Å². The zero-order valence-corrected chi connectivity index (χ0v) is 13.4. The quantitative estimate of drug-likeness (QED) is 0.797. The van der Waals surface area contributed by atoms with Crippen LogP contribution in [0.15, 0.2) is 60.7 Å². The lowest BCUT2D eigenvalue weighted by atomic mass is 9.95. The molecule has 0 saturated heterocycles. The Labute approximate surface area is 142 Å². The summed E-state index contributed by atoms with van der Waals surface area (Å²) >= 11 is -0.260. The van der Waals surface area contributed by atoms with E-state index < -0.39 is 22.8 Å². The molecule has 0 aromatic heterocycles. The molecule has 0 amide bonds. The SMILES string of the molecule is NC[C@](CSC(F)(F)F)(OC(=O)c1ccccc1)c1ccccc1. The van der Waals surface area contributed by atoms with Crippen molar-refractivity contribution in [1.29, 1.82) is 0 Å². The van der Waals surface area contributed by atoms with Gasteiger partial charge in [-0.25, -0.2) is 4.79 Å². The molecule has 24 heavy (non-hydrogen) atoms. The van der Waals surface area contributed by atoms with E-state index in [-0.39, 0.29) is 23.9 Å². The fraction of sp³-hybridized carbons (Fsp3) is 0.235. The predicted octanol–water partition coefficient (Wildman–Crippen LogP) is 3.95. The van der Waals surface area contributed by atoms with Gasteiger partial charge in [0.2, 0.25) is 0 Å². The van der Waals surface area contributed by atoms with E-state index >= 15 is 0 Å². The van der Waals surface area contributed by atoms with Crippen molar-refractivity contribution in [1.82, 2.24) is 0 Å². The van der Waals surface area contributed by atoms with Gasteiger partial charge in [0.05, 0.1) is 5.56 Å². The highest BCUT2D eigenvalue weighted by atomic mass is 32.2. The molecule has 2 aromatic carbocycles. The smallest absolute Gasteiger partial charge is 0.441 e. The predicted molar refractivity (Wildman–Crippen MR) is 87.5 cm³/mol. The van der Waals surface area contributed by atoms with Crippen LogP contribution in [0.4, 0.5) is 13.2 Å². The summed E-state index contributed by atoms with van der Waals surface area (Å²) in [5.74, 6) is -1.23. The third kappa shape index (κ3) is 4.75. The molecule has 0 fully saturated rings. The highest BCUT2D eigenvalue weighted by Gasteiger charge is 2.40. The lowest BCUT2D eigenvalue weighted by Gasteiger charge is -2.33. The first-order chi connectivity index (χ1) is 11.4. The Morgan fingerprint density at radius 3 is 2.04 bits per heavy atom. The molecular formula is C17H16F3NO2S. The highest BCUT2D eigenvalue weighted by Crippen LogP contribution is 2.38. The average Bonchev–Trinajstić information content (AvgIpc) is 2.59. The summed E-state index contributed by atoms with van der Waals surface area (Å²) in [5, 5.41) is 0. The number of benzene rings is 2. The number of alkyl halides is 3. The van der Waals surface area contributed by atoms with Gasteiger partial charge in [-0.2, -0.15) is 13.2 Å². The Hall–Kier alpha value is -1.99. The Morgan fingerprint density at radius 1 is 1.00 bits per heavy atom. The number of hydrogen-bond donors (Lipinski definition) is 1. The van der Waals surface area contributed by atoms with Crippen LogP contribution >= 0.6 is 11.8 Å². The Bertz CT molecular complexity index is 665. The Kier molecular flexibility index (Phi) is 5.90.